The van der Waals surface area contributed by atoms with Crippen molar-refractivity contribution in [3.8, 4) is 0 Å². The third-order valence-corrected chi connectivity index (χ3v) is 12.4. The number of hydrogen-bond donors (Lipinski definition) is 3. The molecular weight excluding hydrogens is 796 g/mol. The van der Waals surface area contributed by atoms with Gasteiger partial charge in [-0.25, -0.2) is 0 Å². The van der Waals surface area contributed by atoms with Crippen molar-refractivity contribution in [2.24, 2.45) is 11.8 Å². The highest BCUT2D eigenvalue weighted by molar-refractivity contribution is 5.70. The van der Waals surface area contributed by atoms with Crippen molar-refractivity contribution in [2.75, 3.05) is 35.3 Å². The Morgan fingerprint density at radius 3 is 2.15 bits per heavy atom. The molecular formula is C44H74N2O15. The maximum atomic E-state index is 13.4. The van der Waals surface area contributed by atoms with Gasteiger partial charge in [-0.15, -0.1) is 0 Å². The Kier molecular flexibility index (Phi) is 19.3. The first-order chi connectivity index (χ1) is 28.7. The molecule has 0 aromatic carbocycles. The van der Waals surface area contributed by atoms with E-state index in [9.17, 15) is 29.7 Å². The number of rotatable bonds is 11. The van der Waals surface area contributed by atoms with Crippen molar-refractivity contribution in [1.29, 1.82) is 0 Å². The first kappa shape index (κ1) is 51.2. The van der Waals surface area contributed by atoms with Gasteiger partial charge in [-0.2, -0.15) is 0 Å². The molecule has 17 nitrogen and oxygen atoms in total. The van der Waals surface area contributed by atoms with Gasteiger partial charge in [-0.3, -0.25) is 9.59 Å². The van der Waals surface area contributed by atoms with Crippen molar-refractivity contribution >= 4 is 18.2 Å². The van der Waals surface area contributed by atoms with E-state index in [2.05, 4.69) is 4.90 Å². The first-order valence-electron chi connectivity index (χ1n) is 21.7. The van der Waals surface area contributed by atoms with E-state index in [0.29, 0.717) is 12.8 Å². The SMILES string of the molecule is CO[C@@H]1[C@@H](O[C@@H]2O[C@H](C)[C@@H](O[C@@H]3C[C@@](C)(O)[C@@H](O)[C@H](C)O3)[C@H](N(C)C)[C@H]2OC(C)=O)[C@@H](C=O)C[C@@H](C)[C@@H](O[C@@H]2CC[C@H](N(C)C)[C@@H](C)O2)/C=C/C=C/C[C@@H](C)OC(=O)C[C@H]1O. The minimum atomic E-state index is -1.51. The molecule has 0 radical (unpaired) electrons. The molecule has 0 bridgehead atoms. The number of cyclic esters (lactones) is 1. The molecule has 3 fully saturated rings. The zero-order valence-corrected chi connectivity index (χ0v) is 38.2. The summed E-state index contributed by atoms with van der Waals surface area (Å²) in [6.07, 6.45) is -2.67. The normalized spacial score (nSPS) is 44.6. The Morgan fingerprint density at radius 2 is 1.56 bits per heavy atom. The van der Waals surface area contributed by atoms with Gasteiger partial charge in [0.2, 0.25) is 0 Å². The number of ether oxygens (including phenoxy) is 9. The lowest BCUT2D eigenvalue weighted by atomic mass is 9.84. The predicted molar refractivity (Wildman–Crippen MR) is 222 cm³/mol. The largest absolute Gasteiger partial charge is 0.462 e. The Hall–Kier alpha value is -2.39. The van der Waals surface area contributed by atoms with Crippen LogP contribution in [0.2, 0.25) is 0 Å². The summed E-state index contributed by atoms with van der Waals surface area (Å²) in [5.74, 6) is -2.62. The zero-order chi connectivity index (χ0) is 45.3. The van der Waals surface area contributed by atoms with E-state index in [0.717, 1.165) is 12.7 Å². The fourth-order valence-corrected chi connectivity index (χ4v) is 9.09. The number of carbonyl (C=O) groups excluding carboxylic acids is 3. The lowest BCUT2D eigenvalue weighted by Crippen LogP contribution is -2.66. The lowest BCUT2D eigenvalue weighted by Gasteiger charge is -2.50. The fourth-order valence-electron chi connectivity index (χ4n) is 9.09. The molecule has 0 aromatic heterocycles. The zero-order valence-electron chi connectivity index (χ0n) is 38.2. The maximum Gasteiger partial charge on any atom is 0.308 e. The van der Waals surface area contributed by atoms with Crippen molar-refractivity contribution in [3.63, 3.8) is 0 Å². The molecule has 0 amide bonds. The van der Waals surface area contributed by atoms with Crippen LogP contribution in [0.4, 0.5) is 0 Å². The standard InChI is InChI=1S/C44H74N2O15/c1-24-20-30(23-47)39(61-43-41(58-29(6)48)37(46(10)11)38(27(4)57-43)60-36-22-44(7,52)42(51)28(5)56-36)40(53-12)32(49)21-34(50)54-25(2)16-14-13-15-17-33(24)59-35-19-18-31(45(8)9)26(3)55-35/h13-15,17,23-28,30-33,35-43,49,51-52H,16,18-22H2,1-12H3/b14-13+,17-15+/t24-,25-,26-,27-,28+,30-,31+,32-,33+,35-,36-,37+,38-,39+,40+,41-,42+,43+,44-/m1/s1. The summed E-state index contributed by atoms with van der Waals surface area (Å²) in [4.78, 5) is 43.2. The second kappa shape index (κ2) is 23.0. The summed E-state index contributed by atoms with van der Waals surface area (Å²) in [7, 11) is 8.95. The van der Waals surface area contributed by atoms with Crippen LogP contribution in [0.1, 0.15) is 87.0 Å². The predicted octanol–water partition coefficient (Wildman–Crippen LogP) is 2.51. The number of aldehydes is 1. The number of aliphatic hydroxyl groups excluding tert-OH is 2. The van der Waals surface area contributed by atoms with Gasteiger partial charge in [0.15, 0.2) is 25.0 Å². The average Bonchev–Trinajstić information content (AvgIpc) is 3.15. The highest BCUT2D eigenvalue weighted by Gasteiger charge is 2.53. The van der Waals surface area contributed by atoms with E-state index in [1.807, 2.05) is 52.2 Å². The summed E-state index contributed by atoms with van der Waals surface area (Å²) in [5.41, 5.74) is -1.51. The van der Waals surface area contributed by atoms with Crippen LogP contribution >= 0.6 is 0 Å². The van der Waals surface area contributed by atoms with Gasteiger partial charge in [0, 0.05) is 38.8 Å². The van der Waals surface area contributed by atoms with Crippen LogP contribution in [0.3, 0.4) is 0 Å². The second-order valence-electron chi connectivity index (χ2n) is 18.0. The van der Waals surface area contributed by atoms with Gasteiger partial charge in [0.05, 0.1) is 54.7 Å². The van der Waals surface area contributed by atoms with Crippen LogP contribution < -0.4 is 0 Å². The quantitative estimate of drug-likeness (QED) is 0.202. The minimum Gasteiger partial charge on any atom is -0.462 e. The number of esters is 2. The maximum absolute atomic E-state index is 13.4. The highest BCUT2D eigenvalue weighted by Crippen LogP contribution is 2.37. The summed E-state index contributed by atoms with van der Waals surface area (Å²) in [5, 5.41) is 33.2. The average molecular weight is 871 g/mol. The third kappa shape index (κ3) is 13.8. The van der Waals surface area contributed by atoms with E-state index in [4.69, 9.17) is 42.6 Å². The molecule has 3 saturated heterocycles. The Balaban J connectivity index is 1.71. The molecule has 0 saturated carbocycles. The van der Waals surface area contributed by atoms with Gasteiger partial charge < -0.3 is 72.5 Å². The molecule has 350 valence electrons. The van der Waals surface area contributed by atoms with E-state index >= 15 is 0 Å². The fraction of sp³-hybridized carbons (Fsp3) is 0.841. The number of nitrogens with zero attached hydrogens (tertiary/aromatic N) is 2. The van der Waals surface area contributed by atoms with E-state index in [-0.39, 0.29) is 30.9 Å². The summed E-state index contributed by atoms with van der Waals surface area (Å²) >= 11 is 0. The molecule has 0 aromatic rings. The van der Waals surface area contributed by atoms with Crippen LogP contribution in [0.5, 0.6) is 0 Å². The summed E-state index contributed by atoms with van der Waals surface area (Å²) in [6, 6.07) is -0.501. The van der Waals surface area contributed by atoms with Crippen molar-refractivity contribution in [1.82, 2.24) is 9.80 Å². The molecule has 4 aliphatic heterocycles. The molecule has 17 heteroatoms. The second-order valence-corrected chi connectivity index (χ2v) is 18.0. The Morgan fingerprint density at radius 1 is 0.869 bits per heavy atom. The monoisotopic (exact) mass is 871 g/mol. The van der Waals surface area contributed by atoms with Crippen LogP contribution in [0.25, 0.3) is 0 Å². The molecule has 0 spiro atoms. The molecule has 61 heavy (non-hydrogen) atoms. The van der Waals surface area contributed by atoms with Crippen LogP contribution in [-0.4, -0.2) is 182 Å². The van der Waals surface area contributed by atoms with Gasteiger partial charge in [-0.1, -0.05) is 31.2 Å². The summed E-state index contributed by atoms with van der Waals surface area (Å²) in [6.45, 7) is 11.9. The minimum absolute atomic E-state index is 0.0470. The highest BCUT2D eigenvalue weighted by atomic mass is 16.7. The smallest absolute Gasteiger partial charge is 0.308 e. The molecule has 0 unspecified atom stereocenters. The number of aliphatic hydroxyl groups is 3. The molecule has 4 aliphatic rings. The van der Waals surface area contributed by atoms with Crippen molar-refractivity contribution in [2.45, 2.75) is 191 Å². The first-order valence-corrected chi connectivity index (χ1v) is 21.7. The Bertz CT molecular complexity index is 1460. The van der Waals surface area contributed by atoms with Gasteiger partial charge in [0.25, 0.3) is 0 Å². The van der Waals surface area contributed by atoms with Crippen molar-refractivity contribution in [3.05, 3.63) is 24.3 Å². The molecule has 3 N–H and O–H groups in total. The summed E-state index contributed by atoms with van der Waals surface area (Å²) < 4.78 is 56.1. The van der Waals surface area contributed by atoms with Gasteiger partial charge in [-0.05, 0) is 88.0 Å². The van der Waals surface area contributed by atoms with Crippen LogP contribution in [-0.2, 0) is 57.0 Å². The number of methoxy groups -OCH3 is 1. The van der Waals surface area contributed by atoms with Crippen molar-refractivity contribution < 1.29 is 72.3 Å². The number of allylic oxidation sites excluding steroid dienone is 2. The van der Waals surface area contributed by atoms with Crippen LogP contribution in [0.15, 0.2) is 24.3 Å². The molecule has 0 aliphatic carbocycles. The third-order valence-electron chi connectivity index (χ3n) is 12.4. The number of likely N-dealkylation sites (N-methyl/N-ethyl adjacent to an activating group) is 2. The van der Waals surface area contributed by atoms with Gasteiger partial charge >= 0.3 is 11.9 Å². The van der Waals surface area contributed by atoms with E-state index < -0.39 is 116 Å². The van der Waals surface area contributed by atoms with Crippen LogP contribution in [0, 0.1) is 11.8 Å². The lowest BCUT2D eigenvalue weighted by molar-refractivity contribution is -0.344. The Labute approximate surface area is 361 Å². The number of hydrogen-bond acceptors (Lipinski definition) is 17. The molecule has 19 atom stereocenters. The van der Waals surface area contributed by atoms with E-state index in [1.165, 1.54) is 21.0 Å². The topological polar surface area (TPSA) is 201 Å². The number of carbonyl (C=O) groups is 3. The molecule has 4 rings (SSSR count). The molecule has 4 heterocycles. The van der Waals surface area contributed by atoms with Gasteiger partial charge in [0.1, 0.15) is 30.7 Å². The van der Waals surface area contributed by atoms with E-state index in [1.54, 1.807) is 39.8 Å².